The maximum absolute atomic E-state index is 12.0. The Balaban J connectivity index is 0.000000323. The average Bonchev–Trinajstić information content (AvgIpc) is 3.06. The molecule has 1 saturated heterocycles. The van der Waals surface area contributed by atoms with Crippen LogP contribution in [-0.2, 0) is 11.3 Å². The molecule has 4 aromatic rings. The molecule has 1 fully saturated rings. The molecule has 4 aromatic carbocycles. The van der Waals surface area contributed by atoms with Gasteiger partial charge in [-0.3, -0.25) is 14.6 Å². The molecule has 6 nitrogen and oxygen atoms in total. The molecule has 1 heterocycles. The van der Waals surface area contributed by atoms with E-state index >= 15 is 0 Å². The fourth-order valence-corrected chi connectivity index (χ4v) is 6.12. The predicted molar refractivity (Wildman–Crippen MR) is 180 cm³/mol. The van der Waals surface area contributed by atoms with E-state index < -0.39 is 18.2 Å². The van der Waals surface area contributed by atoms with Crippen LogP contribution in [0, 0.1) is 0 Å². The molecule has 0 aromatic heterocycles. The highest BCUT2D eigenvalue weighted by atomic mass is 35.5. The van der Waals surface area contributed by atoms with E-state index in [9.17, 15) is 14.3 Å². The molecule has 1 aliphatic heterocycles. The lowest BCUT2D eigenvalue weighted by molar-refractivity contribution is -0.138. The number of halogens is 3. The summed E-state index contributed by atoms with van der Waals surface area (Å²) >= 11 is 12.0. The van der Waals surface area contributed by atoms with Gasteiger partial charge in [-0.15, -0.1) is 0 Å². The topological polar surface area (TPSA) is 73.2 Å². The molecule has 1 aliphatic rings. The van der Waals surface area contributed by atoms with Crippen molar-refractivity contribution in [2.24, 2.45) is 0 Å². The summed E-state index contributed by atoms with van der Waals surface area (Å²) in [5.74, 6) is 0.673. The summed E-state index contributed by atoms with van der Waals surface area (Å²) in [6.45, 7) is 7.22. The Labute approximate surface area is 274 Å². The van der Waals surface area contributed by atoms with Crippen LogP contribution < -0.4 is 4.74 Å². The monoisotopic (exact) mass is 654 g/mol. The molecule has 240 valence electrons. The lowest BCUT2D eigenvalue weighted by atomic mass is 9.94. The molecule has 0 amide bonds. The van der Waals surface area contributed by atoms with Crippen molar-refractivity contribution in [3.8, 4) is 5.75 Å². The molecule has 0 unspecified atom stereocenters. The number of piperazine rings is 1. The summed E-state index contributed by atoms with van der Waals surface area (Å²) in [6, 6.07) is 24.8. The third-order valence-electron chi connectivity index (χ3n) is 8.25. The number of hydrogen-bond donors (Lipinski definition) is 2. The highest BCUT2D eigenvalue weighted by Crippen LogP contribution is 2.35. The van der Waals surface area contributed by atoms with Crippen molar-refractivity contribution in [2.45, 2.75) is 51.0 Å². The van der Waals surface area contributed by atoms with Gasteiger partial charge in [-0.25, -0.2) is 0 Å². The fraction of sp³-hybridized carbons (Fsp3) is 0.361. The molecule has 0 saturated carbocycles. The highest BCUT2D eigenvalue weighted by molar-refractivity contribution is 6.37. The summed E-state index contributed by atoms with van der Waals surface area (Å²) in [5, 5.41) is 23.5. The molecular formula is C36H41Cl2FN2O4. The fourth-order valence-electron chi connectivity index (χ4n) is 5.68. The van der Waals surface area contributed by atoms with Gasteiger partial charge in [-0.2, -0.15) is 4.39 Å². The van der Waals surface area contributed by atoms with Crippen LogP contribution in [-0.4, -0.2) is 65.4 Å². The summed E-state index contributed by atoms with van der Waals surface area (Å²) < 4.78 is 17.3. The molecule has 0 aliphatic carbocycles. The molecule has 0 bridgehead atoms. The van der Waals surface area contributed by atoms with Gasteiger partial charge in [0.05, 0.1) is 18.2 Å². The minimum atomic E-state index is -1.77. The van der Waals surface area contributed by atoms with Gasteiger partial charge in [-0.1, -0.05) is 104 Å². The van der Waals surface area contributed by atoms with E-state index in [4.69, 9.17) is 33.0 Å². The number of benzene rings is 4. The number of carbonyl (C=O) groups is 1. The van der Waals surface area contributed by atoms with Crippen molar-refractivity contribution in [1.29, 1.82) is 0 Å². The van der Waals surface area contributed by atoms with Gasteiger partial charge >= 0.3 is 6.04 Å². The molecule has 5 rings (SSSR count). The van der Waals surface area contributed by atoms with Crippen LogP contribution in [0.5, 0.6) is 5.75 Å². The van der Waals surface area contributed by atoms with E-state index in [0.717, 1.165) is 68.3 Å². The second kappa shape index (κ2) is 17.0. The van der Waals surface area contributed by atoms with Gasteiger partial charge in [0.1, 0.15) is 5.75 Å². The van der Waals surface area contributed by atoms with Gasteiger partial charge in [0.2, 0.25) is 0 Å². The number of rotatable bonds is 11. The van der Waals surface area contributed by atoms with Crippen LogP contribution >= 0.6 is 23.2 Å². The van der Waals surface area contributed by atoms with Crippen molar-refractivity contribution in [1.82, 2.24) is 9.80 Å². The predicted octanol–water partition coefficient (Wildman–Crippen LogP) is 7.78. The second-order valence-corrected chi connectivity index (χ2v) is 12.1. The average molecular weight is 656 g/mol. The Morgan fingerprint density at radius 1 is 0.911 bits per heavy atom. The van der Waals surface area contributed by atoms with Crippen molar-refractivity contribution >= 4 is 40.0 Å². The van der Waals surface area contributed by atoms with Gasteiger partial charge in [-0.05, 0) is 52.8 Å². The smallest absolute Gasteiger partial charge is 0.334 e. The van der Waals surface area contributed by atoms with Crippen LogP contribution in [0.25, 0.3) is 10.8 Å². The first kappa shape index (κ1) is 34.8. The lowest BCUT2D eigenvalue weighted by Gasteiger charge is -2.41. The molecule has 0 radical (unpaired) electrons. The third-order valence-corrected chi connectivity index (χ3v) is 8.89. The van der Waals surface area contributed by atoms with Crippen LogP contribution in [0.1, 0.15) is 55.1 Å². The van der Waals surface area contributed by atoms with Crippen molar-refractivity contribution in [2.75, 3.05) is 33.3 Å². The number of nitrogens with zero attached hydrogens (tertiary/aromatic N) is 2. The van der Waals surface area contributed by atoms with Gasteiger partial charge < -0.3 is 14.9 Å². The van der Waals surface area contributed by atoms with Crippen LogP contribution in [0.15, 0.2) is 84.9 Å². The highest BCUT2D eigenvalue weighted by Gasteiger charge is 2.30. The van der Waals surface area contributed by atoms with E-state index in [2.05, 4.69) is 53.1 Å². The number of ether oxygens (including phenoxy) is 1. The third kappa shape index (κ3) is 9.49. The Morgan fingerprint density at radius 3 is 2.20 bits per heavy atom. The van der Waals surface area contributed by atoms with E-state index in [1.165, 1.54) is 29.8 Å². The van der Waals surface area contributed by atoms with E-state index in [1.54, 1.807) is 7.11 Å². The quantitative estimate of drug-likeness (QED) is 0.161. The first-order chi connectivity index (χ1) is 21.7. The Morgan fingerprint density at radius 2 is 1.58 bits per heavy atom. The Bertz CT molecular complexity index is 1520. The number of methoxy groups -OCH3 is 1. The van der Waals surface area contributed by atoms with E-state index in [0.29, 0.717) is 15.8 Å². The first-order valence-corrected chi connectivity index (χ1v) is 16.0. The number of carbonyl (C=O) groups excluding carboxylic acids is 1. The van der Waals surface area contributed by atoms with E-state index in [1.807, 2.05) is 24.3 Å². The first-order valence-electron chi connectivity index (χ1n) is 15.3. The summed E-state index contributed by atoms with van der Waals surface area (Å²) in [4.78, 5) is 15.1. The van der Waals surface area contributed by atoms with Crippen LogP contribution in [0.4, 0.5) is 4.39 Å². The zero-order chi connectivity index (χ0) is 32.3. The number of hydrogen-bond acceptors (Lipinski definition) is 6. The minimum absolute atomic E-state index is 0.120. The van der Waals surface area contributed by atoms with Gasteiger partial charge in [0, 0.05) is 49.2 Å². The molecule has 3 atom stereocenters. The van der Waals surface area contributed by atoms with Crippen molar-refractivity contribution in [3.63, 3.8) is 0 Å². The summed E-state index contributed by atoms with van der Waals surface area (Å²) in [5.41, 5.74) is 2.52. The molecule has 0 spiro atoms. The Hall–Kier alpha value is -3.04. The minimum Gasteiger partial charge on any atom is -0.495 e. The van der Waals surface area contributed by atoms with Gasteiger partial charge in [0.25, 0.3) is 0 Å². The summed E-state index contributed by atoms with van der Waals surface area (Å²) in [6.07, 6.45) is 1.02. The van der Waals surface area contributed by atoms with Crippen molar-refractivity contribution < 1.29 is 24.1 Å². The summed E-state index contributed by atoms with van der Waals surface area (Å²) in [7, 11) is 1.63. The molecule has 2 N–H and O–H groups in total. The van der Waals surface area contributed by atoms with E-state index in [-0.39, 0.29) is 11.6 Å². The SMILES string of the molecule is CCCC[C@@H]([C@@H](O)c1ccc2c(Cl)c(OC)ccc2c1)N1CCN(Cc2ccccc2)CC1.O=C(F)[C@@H](O)c1ccc(Cl)cc1. The molecule has 9 heteroatoms. The number of aliphatic hydroxyl groups is 2. The number of aliphatic hydroxyl groups excluding tert-OH is 2. The lowest BCUT2D eigenvalue weighted by Crippen LogP contribution is -2.51. The zero-order valence-corrected chi connectivity index (χ0v) is 27.2. The van der Waals surface area contributed by atoms with Gasteiger partial charge in [0.15, 0.2) is 6.10 Å². The second-order valence-electron chi connectivity index (χ2n) is 11.3. The molecule has 45 heavy (non-hydrogen) atoms. The standard InChI is InChI=1S/C28H35ClN2O2.C8H6ClFO2/c1-3-4-10-25(31-17-15-30(16-18-31)20-21-8-6-5-7-9-21)28(32)23-11-13-24-22(19-23)12-14-26(33-2)27(24)29;9-6-3-1-5(2-4-6)7(11)8(10)12/h5-9,11-14,19,25,28,32H,3-4,10,15-18,20H2,1-2H3;1-4,7,11H/t25-,28-;7-/m00/s1. The zero-order valence-electron chi connectivity index (χ0n) is 25.7. The van der Waals surface area contributed by atoms with Crippen LogP contribution in [0.2, 0.25) is 10.0 Å². The number of fused-ring (bicyclic) bond motifs is 1. The maximum Gasteiger partial charge on any atom is 0.334 e. The maximum atomic E-state index is 12.0. The van der Waals surface area contributed by atoms with Crippen LogP contribution in [0.3, 0.4) is 0 Å². The Kier molecular flexibility index (Phi) is 13.2. The largest absolute Gasteiger partial charge is 0.495 e. The normalized spacial score (nSPS) is 16.0. The molecular weight excluding hydrogens is 614 g/mol. The van der Waals surface area contributed by atoms with Crippen molar-refractivity contribution in [3.05, 3.63) is 112 Å². The number of unbranched alkanes of at least 4 members (excludes halogenated alkanes) is 1.